The van der Waals surface area contributed by atoms with Crippen LogP contribution in [0.2, 0.25) is 0 Å². The molecule has 2 heterocycles. The van der Waals surface area contributed by atoms with E-state index in [9.17, 15) is 0 Å². The second kappa shape index (κ2) is 7.29. The monoisotopic (exact) mass is 352 g/mol. The SMILES string of the molecule is CC(c1ccccc1)N1CSc2nnc(COc3ccccc3)n2C1. The fraction of sp³-hybridized carbons (Fsp3) is 0.263. The van der Waals surface area contributed by atoms with E-state index in [0.29, 0.717) is 12.6 Å². The minimum atomic E-state index is 0.340. The standard InChI is InChI=1S/C19H20N4OS/c1-15(16-8-4-2-5-9-16)22-13-23-18(20-21-19(23)25-14-22)12-24-17-10-6-3-7-11-17/h2-11,15H,12-14H2,1H3. The predicted molar refractivity (Wildman–Crippen MR) is 98.2 cm³/mol. The lowest BCUT2D eigenvalue weighted by molar-refractivity contribution is 0.172. The molecule has 0 aliphatic carbocycles. The van der Waals surface area contributed by atoms with Gasteiger partial charge >= 0.3 is 0 Å². The summed E-state index contributed by atoms with van der Waals surface area (Å²) in [7, 11) is 0. The molecule has 3 aromatic rings. The molecule has 0 bridgehead atoms. The lowest BCUT2D eigenvalue weighted by atomic mass is 10.1. The Hall–Kier alpha value is -2.31. The summed E-state index contributed by atoms with van der Waals surface area (Å²) >= 11 is 1.72. The van der Waals surface area contributed by atoms with Gasteiger partial charge in [-0.1, -0.05) is 60.3 Å². The number of ether oxygens (including phenoxy) is 1. The van der Waals surface area contributed by atoms with Crippen LogP contribution in [0.1, 0.15) is 24.4 Å². The second-order valence-electron chi connectivity index (χ2n) is 6.02. The summed E-state index contributed by atoms with van der Waals surface area (Å²) in [5.41, 5.74) is 1.32. The molecule has 0 N–H and O–H groups in total. The Balaban J connectivity index is 1.48. The Morgan fingerprint density at radius 2 is 1.76 bits per heavy atom. The average Bonchev–Trinajstić information content (AvgIpc) is 3.09. The zero-order chi connectivity index (χ0) is 17.1. The Labute approximate surface area is 151 Å². The lowest BCUT2D eigenvalue weighted by Gasteiger charge is -2.33. The van der Waals surface area contributed by atoms with Crippen LogP contribution < -0.4 is 4.74 Å². The van der Waals surface area contributed by atoms with Gasteiger partial charge in [0.25, 0.3) is 0 Å². The third kappa shape index (κ3) is 3.55. The summed E-state index contributed by atoms with van der Waals surface area (Å²) < 4.78 is 8.00. The van der Waals surface area contributed by atoms with Crippen LogP contribution in [0.3, 0.4) is 0 Å². The van der Waals surface area contributed by atoms with E-state index in [4.69, 9.17) is 4.74 Å². The highest BCUT2D eigenvalue weighted by molar-refractivity contribution is 7.99. The van der Waals surface area contributed by atoms with Gasteiger partial charge in [-0.15, -0.1) is 10.2 Å². The summed E-state index contributed by atoms with van der Waals surface area (Å²) in [6.07, 6.45) is 0. The first-order chi connectivity index (χ1) is 12.3. The number of rotatable bonds is 5. The number of thioether (sulfide) groups is 1. The van der Waals surface area contributed by atoms with Crippen LogP contribution in [0, 0.1) is 0 Å². The smallest absolute Gasteiger partial charge is 0.193 e. The Kier molecular flexibility index (Phi) is 4.72. The van der Waals surface area contributed by atoms with Crippen molar-refractivity contribution in [3.8, 4) is 5.75 Å². The van der Waals surface area contributed by atoms with Gasteiger partial charge in [-0.2, -0.15) is 0 Å². The molecule has 0 radical (unpaired) electrons. The van der Waals surface area contributed by atoms with Crippen molar-refractivity contribution in [2.24, 2.45) is 0 Å². The molecule has 25 heavy (non-hydrogen) atoms. The van der Waals surface area contributed by atoms with Gasteiger partial charge in [-0.05, 0) is 24.6 Å². The maximum absolute atomic E-state index is 5.85. The Morgan fingerprint density at radius 3 is 2.52 bits per heavy atom. The summed E-state index contributed by atoms with van der Waals surface area (Å²) in [5, 5.41) is 9.59. The van der Waals surface area contributed by atoms with Crippen molar-refractivity contribution in [1.29, 1.82) is 0 Å². The first kappa shape index (κ1) is 16.2. The van der Waals surface area contributed by atoms with E-state index in [-0.39, 0.29) is 0 Å². The highest BCUT2D eigenvalue weighted by atomic mass is 32.2. The van der Waals surface area contributed by atoms with E-state index in [1.807, 2.05) is 30.3 Å². The number of hydrogen-bond acceptors (Lipinski definition) is 5. The van der Waals surface area contributed by atoms with Crippen LogP contribution in [0.5, 0.6) is 5.75 Å². The molecule has 6 heteroatoms. The van der Waals surface area contributed by atoms with Crippen LogP contribution in [-0.4, -0.2) is 25.5 Å². The number of benzene rings is 2. The maximum atomic E-state index is 5.85. The average molecular weight is 352 g/mol. The molecule has 0 amide bonds. The summed E-state index contributed by atoms with van der Waals surface area (Å²) in [5.74, 6) is 2.61. The van der Waals surface area contributed by atoms with Gasteiger partial charge in [-0.25, -0.2) is 0 Å². The summed E-state index contributed by atoms with van der Waals surface area (Å²) in [4.78, 5) is 2.42. The molecule has 128 valence electrons. The first-order valence-corrected chi connectivity index (χ1v) is 9.31. The zero-order valence-corrected chi connectivity index (χ0v) is 14.9. The molecule has 1 aliphatic rings. The van der Waals surface area contributed by atoms with Crippen molar-refractivity contribution in [3.05, 3.63) is 72.1 Å². The van der Waals surface area contributed by atoms with E-state index < -0.39 is 0 Å². The van der Waals surface area contributed by atoms with Gasteiger partial charge in [0.05, 0.1) is 12.5 Å². The van der Waals surface area contributed by atoms with Crippen LogP contribution in [0.25, 0.3) is 0 Å². The van der Waals surface area contributed by atoms with E-state index in [1.54, 1.807) is 11.8 Å². The van der Waals surface area contributed by atoms with E-state index >= 15 is 0 Å². The molecular formula is C19H20N4OS. The van der Waals surface area contributed by atoms with E-state index in [2.05, 4.69) is 56.9 Å². The maximum Gasteiger partial charge on any atom is 0.193 e. The number of para-hydroxylation sites is 1. The van der Waals surface area contributed by atoms with Crippen LogP contribution in [0.15, 0.2) is 65.8 Å². The highest BCUT2D eigenvalue weighted by Gasteiger charge is 2.25. The highest BCUT2D eigenvalue weighted by Crippen LogP contribution is 2.31. The van der Waals surface area contributed by atoms with Gasteiger partial charge in [0.2, 0.25) is 0 Å². The Morgan fingerprint density at radius 1 is 1.04 bits per heavy atom. The van der Waals surface area contributed by atoms with Gasteiger partial charge < -0.3 is 4.74 Å². The van der Waals surface area contributed by atoms with E-state index in [0.717, 1.165) is 29.3 Å². The number of aromatic nitrogens is 3. The summed E-state index contributed by atoms with van der Waals surface area (Å²) in [6.45, 7) is 3.44. The number of nitrogens with zero attached hydrogens (tertiary/aromatic N) is 4. The number of fused-ring (bicyclic) bond motifs is 1. The molecule has 1 aliphatic heterocycles. The normalized spacial score (nSPS) is 15.6. The zero-order valence-electron chi connectivity index (χ0n) is 14.1. The molecule has 1 atom stereocenters. The van der Waals surface area contributed by atoms with Gasteiger partial charge in [0, 0.05) is 6.04 Å². The molecule has 1 aromatic heterocycles. The molecule has 2 aromatic carbocycles. The van der Waals surface area contributed by atoms with Crippen molar-refractivity contribution in [2.75, 3.05) is 5.88 Å². The molecular weight excluding hydrogens is 332 g/mol. The van der Waals surface area contributed by atoms with Crippen molar-refractivity contribution in [2.45, 2.75) is 31.4 Å². The van der Waals surface area contributed by atoms with Crippen molar-refractivity contribution in [1.82, 2.24) is 19.7 Å². The third-order valence-electron chi connectivity index (χ3n) is 4.42. The molecule has 0 saturated heterocycles. The largest absolute Gasteiger partial charge is 0.486 e. The van der Waals surface area contributed by atoms with Gasteiger partial charge in [0.1, 0.15) is 12.4 Å². The molecule has 4 rings (SSSR count). The first-order valence-electron chi connectivity index (χ1n) is 8.33. The fourth-order valence-corrected chi connectivity index (χ4v) is 3.88. The number of hydrogen-bond donors (Lipinski definition) is 0. The van der Waals surface area contributed by atoms with Gasteiger partial charge in [0.15, 0.2) is 11.0 Å². The van der Waals surface area contributed by atoms with Crippen LogP contribution in [-0.2, 0) is 13.3 Å². The molecule has 5 nitrogen and oxygen atoms in total. The van der Waals surface area contributed by atoms with E-state index in [1.165, 1.54) is 5.56 Å². The molecule has 0 fully saturated rings. The third-order valence-corrected chi connectivity index (χ3v) is 5.44. The van der Waals surface area contributed by atoms with Gasteiger partial charge in [-0.3, -0.25) is 9.47 Å². The predicted octanol–water partition coefficient (Wildman–Crippen LogP) is 3.94. The molecule has 1 unspecified atom stereocenters. The van der Waals surface area contributed by atoms with Crippen LogP contribution in [0.4, 0.5) is 0 Å². The quantitative estimate of drug-likeness (QED) is 0.696. The van der Waals surface area contributed by atoms with Crippen molar-refractivity contribution in [3.63, 3.8) is 0 Å². The minimum Gasteiger partial charge on any atom is -0.486 e. The van der Waals surface area contributed by atoms with Crippen LogP contribution >= 0.6 is 11.8 Å². The summed E-state index contributed by atoms with van der Waals surface area (Å²) in [6, 6.07) is 20.7. The topological polar surface area (TPSA) is 43.2 Å². The van der Waals surface area contributed by atoms with Crippen molar-refractivity contribution >= 4 is 11.8 Å². The second-order valence-corrected chi connectivity index (χ2v) is 6.93. The van der Waals surface area contributed by atoms with Crippen molar-refractivity contribution < 1.29 is 4.74 Å². The molecule has 0 saturated carbocycles. The fourth-order valence-electron chi connectivity index (χ4n) is 2.88. The minimum absolute atomic E-state index is 0.340. The lowest BCUT2D eigenvalue weighted by Crippen LogP contribution is -2.33. The Bertz CT molecular complexity index is 822. The molecule has 0 spiro atoms.